The van der Waals surface area contributed by atoms with Crippen LogP contribution in [0.1, 0.15) is 204 Å². The molecule has 0 spiro atoms. The summed E-state index contributed by atoms with van der Waals surface area (Å²) in [5.74, 6) is 0.680. The van der Waals surface area contributed by atoms with Crippen molar-refractivity contribution in [3.05, 3.63) is 53.9 Å². The van der Waals surface area contributed by atoms with Gasteiger partial charge in [-0.05, 0) is 31.0 Å². The molecule has 0 saturated carbocycles. The molecule has 2 rings (SSSR count). The number of aromatic nitrogens is 1. The topological polar surface area (TPSA) is 59.7 Å². The Morgan fingerprint density at radius 1 is 0.566 bits per heavy atom. The molecule has 0 bridgehead atoms. The smallest absolute Gasteiger partial charge is 0.261 e. The van der Waals surface area contributed by atoms with Gasteiger partial charge in [0.1, 0.15) is 13.1 Å². The van der Waals surface area contributed by atoms with Gasteiger partial charge >= 0.3 is 0 Å². The minimum Gasteiger partial charge on any atom is -1.00 e. The first-order valence-electron chi connectivity index (χ1n) is 21.7. The third-order valence-corrected chi connectivity index (χ3v) is 10.1. The first kappa shape index (κ1) is 48.9. The molecule has 0 aliphatic carbocycles. The van der Waals surface area contributed by atoms with E-state index in [0.29, 0.717) is 30.3 Å². The van der Waals surface area contributed by atoms with Crippen LogP contribution in [0, 0.1) is 0 Å². The van der Waals surface area contributed by atoms with Crippen LogP contribution in [-0.2, 0) is 17.9 Å². The molecule has 0 fully saturated rings. The number of hydrogen-bond donors (Lipinski definition) is 0. The number of ether oxygens (including phenoxy) is 2. The summed E-state index contributed by atoms with van der Waals surface area (Å²) in [6, 6.07) is 11.3. The summed E-state index contributed by atoms with van der Waals surface area (Å²) in [5, 5.41) is 0. The first-order valence-corrected chi connectivity index (χ1v) is 21.7. The van der Waals surface area contributed by atoms with E-state index in [1.165, 1.54) is 140 Å². The number of hydrogen-bond acceptors (Lipinski definition) is 4. The normalized spacial score (nSPS) is 10.9. The highest BCUT2D eigenvalue weighted by Gasteiger charge is 2.25. The Hall–Kier alpha value is -2.16. The van der Waals surface area contributed by atoms with Gasteiger partial charge in [0.25, 0.3) is 5.91 Å². The maximum atomic E-state index is 13.8. The third kappa shape index (κ3) is 22.7. The summed E-state index contributed by atoms with van der Waals surface area (Å²) in [6.45, 7) is 10.4. The second-order valence-corrected chi connectivity index (χ2v) is 14.9. The van der Waals surface area contributed by atoms with Crippen LogP contribution >= 0.6 is 0 Å². The second kappa shape index (κ2) is 33.2. The van der Waals surface area contributed by atoms with Crippen LogP contribution in [0.15, 0.2) is 42.6 Å². The number of pyridine rings is 1. The largest absolute Gasteiger partial charge is 1.00 e. The Kier molecular flexibility index (Phi) is 30.6. The van der Waals surface area contributed by atoms with Crippen molar-refractivity contribution in [3.63, 3.8) is 0 Å². The molecule has 2 aromatic rings. The zero-order valence-electron chi connectivity index (χ0n) is 34.5. The van der Waals surface area contributed by atoms with Crippen LogP contribution in [0.25, 0.3) is 0 Å². The number of carbonyl (C=O) groups is 2. The van der Waals surface area contributed by atoms with E-state index < -0.39 is 0 Å². The summed E-state index contributed by atoms with van der Waals surface area (Å²) in [4.78, 5) is 27.9. The average molecular weight is 849 g/mol. The first-order chi connectivity index (χ1) is 25.5. The molecule has 1 aromatic carbocycles. The van der Waals surface area contributed by atoms with Crippen LogP contribution in [0.3, 0.4) is 0 Å². The predicted octanol–water partition coefficient (Wildman–Crippen LogP) is 9.74. The van der Waals surface area contributed by atoms with Crippen molar-refractivity contribution in [2.45, 2.75) is 201 Å². The molecule has 0 unspecified atom stereocenters. The van der Waals surface area contributed by atoms with Crippen LogP contribution < -0.4 is 38.0 Å². The Labute approximate surface area is 342 Å². The van der Waals surface area contributed by atoms with E-state index in [4.69, 9.17) is 9.47 Å². The zero-order valence-corrected chi connectivity index (χ0v) is 36.6. The number of unbranched alkanes of at least 4 members (excludes halogenated alkanes) is 22. The van der Waals surface area contributed by atoms with Gasteiger partial charge in [-0.3, -0.25) is 14.5 Å². The van der Waals surface area contributed by atoms with Crippen molar-refractivity contribution < 1.29 is 47.6 Å². The molecule has 7 heteroatoms. The van der Waals surface area contributed by atoms with Crippen molar-refractivity contribution in [3.8, 4) is 11.5 Å². The number of imide groups is 1. The number of nitrogens with zero attached hydrogens (tertiary/aromatic N) is 2. The fourth-order valence-electron chi connectivity index (χ4n) is 6.88. The number of carbonyl (C=O) groups excluding carboxylic acids is 2. The summed E-state index contributed by atoms with van der Waals surface area (Å²) in [7, 11) is 0. The molecule has 53 heavy (non-hydrogen) atoms. The van der Waals surface area contributed by atoms with Crippen molar-refractivity contribution in [2.75, 3.05) is 13.2 Å². The van der Waals surface area contributed by atoms with E-state index in [2.05, 4.69) is 25.3 Å². The molecule has 0 N–H and O–H groups in total. The molecule has 0 saturated heterocycles. The molecule has 1 heterocycles. The van der Waals surface area contributed by atoms with Gasteiger partial charge in [0, 0.05) is 31.0 Å². The van der Waals surface area contributed by atoms with Gasteiger partial charge in [-0.2, -0.15) is 0 Å². The molecule has 0 radical (unpaired) electrons. The lowest BCUT2D eigenvalue weighted by atomic mass is 10.1. The lowest BCUT2D eigenvalue weighted by molar-refractivity contribution is -0.704. The molecular weight excluding hydrogens is 771 g/mol. The fourth-order valence-corrected chi connectivity index (χ4v) is 6.88. The van der Waals surface area contributed by atoms with E-state index in [9.17, 15) is 9.59 Å². The summed E-state index contributed by atoms with van der Waals surface area (Å²) < 4.78 is 14.7. The van der Waals surface area contributed by atoms with E-state index >= 15 is 0 Å². The van der Waals surface area contributed by atoms with Crippen molar-refractivity contribution >= 4 is 11.8 Å². The third-order valence-electron chi connectivity index (χ3n) is 10.1. The Morgan fingerprint density at radius 2 is 1.02 bits per heavy atom. The molecular formula is C46H77IN2O4. The SMILES string of the molecule is CCCCCCCCCCCCCCOc1ccc(C(=O)N(Cc2cccc[n+]2CCC)C(C)=O)cc1OCCCCCCCCCCCCCC.[I-]. The minimum absolute atomic E-state index is 0. The highest BCUT2D eigenvalue weighted by atomic mass is 127. The molecule has 302 valence electrons. The fraction of sp³-hybridized carbons (Fsp3) is 0.717. The van der Waals surface area contributed by atoms with Gasteiger partial charge in [0.15, 0.2) is 17.7 Å². The second-order valence-electron chi connectivity index (χ2n) is 14.9. The molecule has 0 atom stereocenters. The molecule has 6 nitrogen and oxygen atoms in total. The predicted molar refractivity (Wildman–Crippen MR) is 217 cm³/mol. The Morgan fingerprint density at radius 3 is 1.47 bits per heavy atom. The summed E-state index contributed by atoms with van der Waals surface area (Å²) in [6.07, 6.45) is 34.1. The maximum Gasteiger partial charge on any atom is 0.261 e. The zero-order chi connectivity index (χ0) is 37.5. The summed E-state index contributed by atoms with van der Waals surface area (Å²) >= 11 is 0. The Balaban J connectivity index is 0.0000140. The summed E-state index contributed by atoms with van der Waals surface area (Å²) in [5.41, 5.74) is 1.37. The molecule has 1 aromatic heterocycles. The quantitative estimate of drug-likeness (QED) is 0.0408. The molecule has 0 aliphatic heterocycles. The number of rotatable bonds is 33. The van der Waals surface area contributed by atoms with E-state index in [-0.39, 0.29) is 42.3 Å². The minimum atomic E-state index is -0.317. The number of benzene rings is 1. The highest BCUT2D eigenvalue weighted by molar-refractivity contribution is 6.04. The number of amides is 2. The van der Waals surface area contributed by atoms with Gasteiger partial charge in [-0.25, -0.2) is 4.57 Å². The standard InChI is InChI=1S/C46H77N2O4.HI/c1-5-8-10-12-14-16-18-20-22-24-26-30-37-51-44-34-33-42(46(50)48(41(4)49)40-43-32-28-29-36-47(43)35-7-3)39-45(44)52-38-31-27-25-23-21-19-17-15-13-11-9-6-2;/h28-29,32-34,36,39H,5-27,30-31,35,37-38,40H2,1-4H3;1H/q+1;/p-1. The highest BCUT2D eigenvalue weighted by Crippen LogP contribution is 2.30. The van der Waals surface area contributed by atoms with Gasteiger partial charge in [0.05, 0.1) is 13.2 Å². The monoisotopic (exact) mass is 848 g/mol. The lowest BCUT2D eigenvalue weighted by Crippen LogP contribution is -3.00. The van der Waals surface area contributed by atoms with Crippen LogP contribution in [-0.4, -0.2) is 29.9 Å². The average Bonchev–Trinajstić information content (AvgIpc) is 3.15. The number of aryl methyl sites for hydroxylation is 1. The van der Waals surface area contributed by atoms with Crippen LogP contribution in [0.5, 0.6) is 11.5 Å². The number of halogens is 1. The lowest BCUT2D eigenvalue weighted by Gasteiger charge is -2.20. The molecule has 2 amide bonds. The van der Waals surface area contributed by atoms with Gasteiger partial charge < -0.3 is 33.5 Å². The van der Waals surface area contributed by atoms with Crippen molar-refractivity contribution in [2.24, 2.45) is 0 Å². The van der Waals surface area contributed by atoms with E-state index in [0.717, 1.165) is 44.3 Å². The van der Waals surface area contributed by atoms with E-state index in [1.54, 1.807) is 12.1 Å². The van der Waals surface area contributed by atoms with Crippen molar-refractivity contribution in [1.82, 2.24) is 4.90 Å². The van der Waals surface area contributed by atoms with Gasteiger partial charge in [-0.15, -0.1) is 0 Å². The van der Waals surface area contributed by atoms with Crippen LogP contribution in [0.4, 0.5) is 0 Å². The maximum absolute atomic E-state index is 13.8. The van der Waals surface area contributed by atoms with Gasteiger partial charge in [0.2, 0.25) is 11.6 Å². The van der Waals surface area contributed by atoms with Crippen LogP contribution in [0.2, 0.25) is 0 Å². The molecule has 0 aliphatic rings. The Bertz CT molecular complexity index is 1210. The van der Waals surface area contributed by atoms with Gasteiger partial charge in [-0.1, -0.05) is 168 Å². The van der Waals surface area contributed by atoms with Crippen molar-refractivity contribution in [1.29, 1.82) is 0 Å². The van der Waals surface area contributed by atoms with E-state index in [1.807, 2.05) is 30.5 Å².